The van der Waals surface area contributed by atoms with E-state index in [1.54, 1.807) is 6.92 Å². The van der Waals surface area contributed by atoms with Crippen LogP contribution in [0.2, 0.25) is 0 Å². The number of carbonyl (C=O) groups excluding carboxylic acids is 1. The van der Waals surface area contributed by atoms with Crippen molar-refractivity contribution in [3.63, 3.8) is 0 Å². The minimum absolute atomic E-state index is 0.0961. The van der Waals surface area contributed by atoms with Gasteiger partial charge in [0.1, 0.15) is 0 Å². The molecule has 4 heteroatoms. The van der Waals surface area contributed by atoms with Crippen molar-refractivity contribution in [1.29, 1.82) is 0 Å². The molecule has 1 heterocycles. The second kappa shape index (κ2) is 7.78. The molecule has 140 valence electrons. The third kappa shape index (κ3) is 4.45. The molecule has 0 aliphatic rings. The van der Waals surface area contributed by atoms with E-state index >= 15 is 0 Å². The van der Waals surface area contributed by atoms with Gasteiger partial charge in [0.2, 0.25) is 0 Å². The summed E-state index contributed by atoms with van der Waals surface area (Å²) in [6, 6.07) is 20.4. The number of benzene rings is 2. The minimum atomic E-state index is -0.392. The number of nitrogens with zero attached hydrogens (tertiary/aromatic N) is 2. The van der Waals surface area contributed by atoms with Crippen LogP contribution in [-0.4, -0.2) is 22.4 Å². The molecule has 3 aromatic rings. The molecule has 0 fully saturated rings. The molecule has 27 heavy (non-hydrogen) atoms. The summed E-state index contributed by atoms with van der Waals surface area (Å²) in [4.78, 5) is 12.2. The summed E-state index contributed by atoms with van der Waals surface area (Å²) in [5.41, 5.74) is 4.76. The summed E-state index contributed by atoms with van der Waals surface area (Å²) < 4.78 is 7.00. The van der Waals surface area contributed by atoms with Crippen LogP contribution in [0.25, 0.3) is 11.3 Å². The van der Waals surface area contributed by atoms with Gasteiger partial charge in [0.25, 0.3) is 0 Å². The Labute approximate surface area is 160 Å². The fourth-order valence-electron chi connectivity index (χ4n) is 2.97. The fraction of sp³-hybridized carbons (Fsp3) is 0.304. The molecule has 3 rings (SSSR count). The van der Waals surface area contributed by atoms with Gasteiger partial charge in [-0.15, -0.1) is 0 Å². The average Bonchev–Trinajstić information content (AvgIpc) is 3.06. The molecule has 0 unspecified atom stereocenters. The quantitative estimate of drug-likeness (QED) is 0.595. The number of carbonyl (C=O) groups is 1. The number of aromatic nitrogens is 2. The van der Waals surface area contributed by atoms with Crippen molar-refractivity contribution in [2.75, 3.05) is 6.61 Å². The van der Waals surface area contributed by atoms with Gasteiger partial charge in [-0.05, 0) is 35.1 Å². The lowest BCUT2D eigenvalue weighted by Crippen LogP contribution is -2.10. The summed E-state index contributed by atoms with van der Waals surface area (Å²) in [5, 5.41) is 4.51. The molecule has 0 N–H and O–H groups in total. The molecule has 0 radical (unpaired) electrons. The third-order valence-electron chi connectivity index (χ3n) is 4.49. The number of hydrogen-bond acceptors (Lipinski definition) is 3. The second-order valence-electron chi connectivity index (χ2n) is 7.61. The Morgan fingerprint density at radius 1 is 1.04 bits per heavy atom. The van der Waals surface area contributed by atoms with E-state index in [1.165, 1.54) is 5.56 Å². The molecule has 0 bridgehead atoms. The zero-order chi connectivity index (χ0) is 19.4. The molecule has 0 spiro atoms. The number of hydrogen-bond donors (Lipinski definition) is 0. The molecule has 0 amide bonds. The van der Waals surface area contributed by atoms with Crippen molar-refractivity contribution in [2.24, 2.45) is 0 Å². The monoisotopic (exact) mass is 362 g/mol. The fourth-order valence-corrected chi connectivity index (χ4v) is 2.97. The van der Waals surface area contributed by atoms with E-state index in [2.05, 4.69) is 62.3 Å². The van der Waals surface area contributed by atoms with E-state index in [1.807, 2.05) is 28.9 Å². The average molecular weight is 362 g/mol. The van der Waals surface area contributed by atoms with Gasteiger partial charge in [-0.1, -0.05) is 75.4 Å². The molecular formula is C23H26N2O2. The standard InChI is InChI=1S/C23H26N2O2/c1-5-27-22(26)20-15-21(18-11-13-19(14-12-18)23(2,3)4)25(24-20)16-17-9-7-6-8-10-17/h6-15H,5,16H2,1-4H3. The highest BCUT2D eigenvalue weighted by molar-refractivity contribution is 5.88. The first kappa shape index (κ1) is 18.9. The first-order valence-corrected chi connectivity index (χ1v) is 9.28. The summed E-state index contributed by atoms with van der Waals surface area (Å²) in [6.07, 6.45) is 0. The van der Waals surface area contributed by atoms with Crippen LogP contribution in [0.1, 0.15) is 49.3 Å². The van der Waals surface area contributed by atoms with Gasteiger partial charge in [0.05, 0.1) is 18.8 Å². The summed E-state index contributed by atoms with van der Waals surface area (Å²) in [7, 11) is 0. The second-order valence-corrected chi connectivity index (χ2v) is 7.61. The Morgan fingerprint density at radius 2 is 1.70 bits per heavy atom. The van der Waals surface area contributed by atoms with E-state index in [0.29, 0.717) is 18.8 Å². The molecule has 4 nitrogen and oxygen atoms in total. The van der Waals surface area contributed by atoms with Crippen molar-refractivity contribution < 1.29 is 9.53 Å². The smallest absolute Gasteiger partial charge is 0.358 e. The highest BCUT2D eigenvalue weighted by Gasteiger charge is 2.18. The summed E-state index contributed by atoms with van der Waals surface area (Å²) in [5.74, 6) is -0.392. The van der Waals surface area contributed by atoms with Crippen LogP contribution in [-0.2, 0) is 16.7 Å². The maximum absolute atomic E-state index is 12.2. The zero-order valence-corrected chi connectivity index (χ0v) is 16.4. The summed E-state index contributed by atoms with van der Waals surface area (Å²) in [6.45, 7) is 9.31. The van der Waals surface area contributed by atoms with Crippen LogP contribution >= 0.6 is 0 Å². The van der Waals surface area contributed by atoms with Crippen molar-refractivity contribution >= 4 is 5.97 Å². The van der Waals surface area contributed by atoms with Gasteiger partial charge in [0.15, 0.2) is 5.69 Å². The Kier molecular flexibility index (Phi) is 5.45. The van der Waals surface area contributed by atoms with Crippen LogP contribution in [0, 0.1) is 0 Å². The predicted molar refractivity (Wildman–Crippen MR) is 108 cm³/mol. The maximum Gasteiger partial charge on any atom is 0.358 e. The largest absolute Gasteiger partial charge is 0.461 e. The van der Waals surface area contributed by atoms with Gasteiger partial charge in [-0.3, -0.25) is 4.68 Å². The highest BCUT2D eigenvalue weighted by atomic mass is 16.5. The number of rotatable bonds is 5. The Balaban J connectivity index is 2.00. The highest BCUT2D eigenvalue weighted by Crippen LogP contribution is 2.27. The van der Waals surface area contributed by atoms with E-state index in [4.69, 9.17) is 4.74 Å². The maximum atomic E-state index is 12.2. The van der Waals surface area contributed by atoms with Gasteiger partial charge < -0.3 is 4.74 Å². The van der Waals surface area contributed by atoms with Crippen molar-refractivity contribution in [3.8, 4) is 11.3 Å². The van der Waals surface area contributed by atoms with E-state index < -0.39 is 5.97 Å². The van der Waals surface area contributed by atoms with Gasteiger partial charge in [0, 0.05) is 0 Å². The van der Waals surface area contributed by atoms with Crippen molar-refractivity contribution in [2.45, 2.75) is 39.7 Å². The Morgan fingerprint density at radius 3 is 2.30 bits per heavy atom. The van der Waals surface area contributed by atoms with Gasteiger partial charge in [-0.2, -0.15) is 5.10 Å². The predicted octanol–water partition coefficient (Wildman–Crippen LogP) is 5.07. The molecule has 1 aromatic heterocycles. The van der Waals surface area contributed by atoms with E-state index in [0.717, 1.165) is 16.8 Å². The van der Waals surface area contributed by atoms with Crippen molar-refractivity contribution in [3.05, 3.63) is 77.5 Å². The lowest BCUT2D eigenvalue weighted by molar-refractivity contribution is 0.0518. The molecule has 0 aliphatic carbocycles. The summed E-state index contributed by atoms with van der Waals surface area (Å²) >= 11 is 0. The first-order valence-electron chi connectivity index (χ1n) is 9.28. The lowest BCUT2D eigenvalue weighted by Gasteiger charge is -2.19. The molecule has 0 saturated heterocycles. The number of ether oxygens (including phenoxy) is 1. The third-order valence-corrected chi connectivity index (χ3v) is 4.49. The number of esters is 1. The minimum Gasteiger partial charge on any atom is -0.461 e. The molecule has 0 saturated carbocycles. The van der Waals surface area contributed by atoms with Gasteiger partial charge in [-0.25, -0.2) is 4.79 Å². The van der Waals surface area contributed by atoms with E-state index in [9.17, 15) is 4.79 Å². The molecule has 0 atom stereocenters. The lowest BCUT2D eigenvalue weighted by atomic mass is 9.86. The molecule has 0 aliphatic heterocycles. The Bertz CT molecular complexity index is 904. The topological polar surface area (TPSA) is 44.1 Å². The molecular weight excluding hydrogens is 336 g/mol. The van der Waals surface area contributed by atoms with Crippen molar-refractivity contribution in [1.82, 2.24) is 9.78 Å². The normalized spacial score (nSPS) is 11.4. The Hall–Kier alpha value is -2.88. The van der Waals surface area contributed by atoms with Crippen LogP contribution in [0.4, 0.5) is 0 Å². The van der Waals surface area contributed by atoms with Crippen LogP contribution in [0.5, 0.6) is 0 Å². The van der Waals surface area contributed by atoms with E-state index in [-0.39, 0.29) is 5.41 Å². The SMILES string of the molecule is CCOC(=O)c1cc(-c2ccc(C(C)(C)C)cc2)n(Cc2ccccc2)n1. The molecule has 2 aromatic carbocycles. The van der Waals surface area contributed by atoms with Crippen LogP contribution in [0.3, 0.4) is 0 Å². The first-order chi connectivity index (χ1) is 12.9. The van der Waals surface area contributed by atoms with Crippen LogP contribution in [0.15, 0.2) is 60.7 Å². The zero-order valence-electron chi connectivity index (χ0n) is 16.4. The van der Waals surface area contributed by atoms with Gasteiger partial charge >= 0.3 is 5.97 Å². The van der Waals surface area contributed by atoms with Crippen LogP contribution < -0.4 is 0 Å².